The van der Waals surface area contributed by atoms with Crippen molar-refractivity contribution in [1.29, 1.82) is 0 Å². The van der Waals surface area contributed by atoms with Crippen LogP contribution in [0.25, 0.3) is 10.2 Å². The van der Waals surface area contributed by atoms with Crippen LogP contribution >= 0.6 is 11.3 Å². The molecule has 0 aliphatic rings. The zero-order valence-corrected chi connectivity index (χ0v) is 16.6. The minimum atomic E-state index is -0.732. The van der Waals surface area contributed by atoms with E-state index in [1.165, 1.54) is 0 Å². The normalized spacial score (nSPS) is 11.9. The molecule has 0 radical (unpaired) electrons. The van der Waals surface area contributed by atoms with Crippen LogP contribution < -0.4 is 5.32 Å². The third-order valence-electron chi connectivity index (χ3n) is 4.18. The van der Waals surface area contributed by atoms with Gasteiger partial charge in [0.2, 0.25) is 5.91 Å². The molecule has 2 aromatic heterocycles. The Balaban J connectivity index is 1.52. The molecule has 2 heterocycles. The number of amides is 1. The van der Waals surface area contributed by atoms with Gasteiger partial charge in [-0.15, -0.1) is 11.3 Å². The van der Waals surface area contributed by atoms with E-state index in [9.17, 15) is 9.59 Å². The Kier molecular flexibility index (Phi) is 7.08. The Labute approximate surface area is 168 Å². The third-order valence-corrected chi connectivity index (χ3v) is 5.27. The van der Waals surface area contributed by atoms with E-state index in [0.717, 1.165) is 27.3 Å². The van der Waals surface area contributed by atoms with Crippen molar-refractivity contribution >= 4 is 33.4 Å². The van der Waals surface area contributed by atoms with Crippen LogP contribution in [0, 0.1) is 0 Å². The molecule has 0 aliphatic carbocycles. The SMILES string of the molecule is CCOC(=O)C(Cc1ccccn1)NC(=O)CCCc1nc2ccccc2s1. The molecule has 1 N–H and O–H groups in total. The number of ether oxygens (including phenoxy) is 1. The Hall–Kier alpha value is -2.80. The van der Waals surface area contributed by atoms with Crippen molar-refractivity contribution in [2.45, 2.75) is 38.6 Å². The van der Waals surface area contributed by atoms with Crippen molar-refractivity contribution in [2.24, 2.45) is 0 Å². The molecule has 3 rings (SSSR count). The highest BCUT2D eigenvalue weighted by atomic mass is 32.1. The molecule has 3 aromatic rings. The number of pyridine rings is 1. The predicted molar refractivity (Wildman–Crippen MR) is 109 cm³/mol. The summed E-state index contributed by atoms with van der Waals surface area (Å²) in [5.74, 6) is -0.609. The first kappa shape index (κ1) is 19.9. The van der Waals surface area contributed by atoms with E-state index in [1.54, 1.807) is 24.5 Å². The van der Waals surface area contributed by atoms with Crippen molar-refractivity contribution < 1.29 is 14.3 Å². The van der Waals surface area contributed by atoms with Gasteiger partial charge in [-0.05, 0) is 44.0 Å². The smallest absolute Gasteiger partial charge is 0.329 e. The maximum Gasteiger partial charge on any atom is 0.329 e. The molecular weight excluding hydrogens is 374 g/mol. The van der Waals surface area contributed by atoms with Crippen LogP contribution in [-0.4, -0.2) is 34.5 Å². The molecule has 0 spiro atoms. The number of carbonyl (C=O) groups excluding carboxylic acids is 2. The number of carbonyl (C=O) groups is 2. The van der Waals surface area contributed by atoms with Gasteiger partial charge in [0.05, 0.1) is 21.8 Å². The van der Waals surface area contributed by atoms with E-state index in [0.29, 0.717) is 19.3 Å². The molecule has 7 heteroatoms. The molecule has 0 bridgehead atoms. The number of nitrogens with one attached hydrogen (secondary N) is 1. The van der Waals surface area contributed by atoms with E-state index in [2.05, 4.69) is 15.3 Å². The van der Waals surface area contributed by atoms with Gasteiger partial charge < -0.3 is 10.1 Å². The molecule has 0 saturated heterocycles. The number of hydrogen-bond donors (Lipinski definition) is 1. The number of hydrogen-bond acceptors (Lipinski definition) is 6. The number of rotatable bonds is 9. The molecule has 1 amide bonds. The van der Waals surface area contributed by atoms with Gasteiger partial charge in [-0.3, -0.25) is 9.78 Å². The number of aromatic nitrogens is 2. The van der Waals surface area contributed by atoms with E-state index >= 15 is 0 Å². The molecule has 1 aromatic carbocycles. The quantitative estimate of drug-likeness (QED) is 0.560. The summed E-state index contributed by atoms with van der Waals surface area (Å²) in [6, 6.07) is 12.8. The predicted octanol–water partition coefficient (Wildman–Crippen LogP) is 3.30. The van der Waals surface area contributed by atoms with Crippen LogP contribution in [0.1, 0.15) is 30.5 Å². The largest absolute Gasteiger partial charge is 0.464 e. The molecule has 6 nitrogen and oxygen atoms in total. The van der Waals surface area contributed by atoms with E-state index in [4.69, 9.17) is 4.74 Å². The number of aryl methyl sites for hydroxylation is 1. The topological polar surface area (TPSA) is 81.2 Å². The average Bonchev–Trinajstić information content (AvgIpc) is 3.11. The first-order valence-electron chi connectivity index (χ1n) is 9.36. The fourth-order valence-corrected chi connectivity index (χ4v) is 3.87. The summed E-state index contributed by atoms with van der Waals surface area (Å²) >= 11 is 1.65. The fraction of sp³-hybridized carbons (Fsp3) is 0.333. The Morgan fingerprint density at radius 1 is 1.18 bits per heavy atom. The first-order valence-corrected chi connectivity index (χ1v) is 10.2. The van der Waals surface area contributed by atoms with E-state index in [1.807, 2.05) is 42.5 Å². The number of benzene rings is 1. The summed E-state index contributed by atoms with van der Waals surface area (Å²) in [6.07, 6.45) is 3.70. The van der Waals surface area contributed by atoms with Gasteiger partial charge in [-0.1, -0.05) is 18.2 Å². The lowest BCUT2D eigenvalue weighted by atomic mass is 10.1. The minimum absolute atomic E-state index is 0.171. The maximum absolute atomic E-state index is 12.4. The highest BCUT2D eigenvalue weighted by molar-refractivity contribution is 7.18. The Bertz CT molecular complexity index is 894. The highest BCUT2D eigenvalue weighted by Crippen LogP contribution is 2.22. The molecule has 0 saturated carbocycles. The van der Waals surface area contributed by atoms with Gasteiger partial charge in [-0.2, -0.15) is 0 Å². The van der Waals surface area contributed by atoms with Gasteiger partial charge in [-0.25, -0.2) is 9.78 Å². The second-order valence-corrected chi connectivity index (χ2v) is 7.44. The summed E-state index contributed by atoms with van der Waals surface area (Å²) in [4.78, 5) is 33.4. The summed E-state index contributed by atoms with van der Waals surface area (Å²) in [5, 5.41) is 3.81. The zero-order chi connectivity index (χ0) is 19.8. The van der Waals surface area contributed by atoms with Gasteiger partial charge in [0, 0.05) is 24.7 Å². The second-order valence-electron chi connectivity index (χ2n) is 6.33. The number of para-hydroxylation sites is 1. The van der Waals surface area contributed by atoms with Gasteiger partial charge in [0.25, 0.3) is 0 Å². The third kappa shape index (κ3) is 5.60. The molecule has 0 aliphatic heterocycles. The van der Waals surface area contributed by atoms with Gasteiger partial charge in [0.15, 0.2) is 0 Å². The van der Waals surface area contributed by atoms with Crippen molar-refractivity contribution in [1.82, 2.24) is 15.3 Å². The highest BCUT2D eigenvalue weighted by Gasteiger charge is 2.22. The van der Waals surface area contributed by atoms with Crippen LogP contribution in [-0.2, 0) is 27.2 Å². The maximum atomic E-state index is 12.4. The Morgan fingerprint density at radius 3 is 2.75 bits per heavy atom. The molecule has 1 atom stereocenters. The van der Waals surface area contributed by atoms with Crippen LogP contribution in [0.3, 0.4) is 0 Å². The number of esters is 1. The minimum Gasteiger partial charge on any atom is -0.464 e. The summed E-state index contributed by atoms with van der Waals surface area (Å²) < 4.78 is 6.25. The van der Waals surface area contributed by atoms with Crippen molar-refractivity contribution in [3.63, 3.8) is 0 Å². The van der Waals surface area contributed by atoms with Crippen molar-refractivity contribution in [2.75, 3.05) is 6.61 Å². The van der Waals surface area contributed by atoms with E-state index in [-0.39, 0.29) is 12.5 Å². The Morgan fingerprint density at radius 2 is 2.00 bits per heavy atom. The lowest BCUT2D eigenvalue weighted by Gasteiger charge is -2.17. The van der Waals surface area contributed by atoms with Crippen molar-refractivity contribution in [3.05, 3.63) is 59.4 Å². The summed E-state index contributed by atoms with van der Waals surface area (Å²) in [6.45, 7) is 2.01. The molecule has 146 valence electrons. The van der Waals surface area contributed by atoms with Gasteiger partial charge in [0.1, 0.15) is 6.04 Å². The summed E-state index contributed by atoms with van der Waals surface area (Å²) in [7, 11) is 0. The summed E-state index contributed by atoms with van der Waals surface area (Å²) in [5.41, 5.74) is 1.72. The van der Waals surface area contributed by atoms with Crippen molar-refractivity contribution in [3.8, 4) is 0 Å². The molecule has 0 fully saturated rings. The van der Waals surface area contributed by atoms with Gasteiger partial charge >= 0.3 is 5.97 Å². The number of fused-ring (bicyclic) bond motifs is 1. The van der Waals surface area contributed by atoms with Crippen LogP contribution in [0.15, 0.2) is 48.7 Å². The monoisotopic (exact) mass is 397 g/mol. The van der Waals surface area contributed by atoms with Crippen LogP contribution in [0.4, 0.5) is 0 Å². The lowest BCUT2D eigenvalue weighted by molar-refractivity contribution is -0.147. The number of thiazole rings is 1. The molecule has 1 unspecified atom stereocenters. The van der Waals surface area contributed by atoms with Crippen LogP contribution in [0.5, 0.6) is 0 Å². The molecular formula is C21H23N3O3S. The fourth-order valence-electron chi connectivity index (χ4n) is 2.86. The van der Waals surface area contributed by atoms with E-state index < -0.39 is 12.0 Å². The van der Waals surface area contributed by atoms with Crippen LogP contribution in [0.2, 0.25) is 0 Å². The first-order chi connectivity index (χ1) is 13.7. The molecule has 28 heavy (non-hydrogen) atoms. The standard InChI is InChI=1S/C21H23N3O3S/c1-2-27-21(26)17(14-15-8-5-6-13-22-15)23-19(25)11-7-12-20-24-16-9-3-4-10-18(16)28-20/h3-6,8-10,13,17H,2,7,11-12,14H2,1H3,(H,23,25). The lowest BCUT2D eigenvalue weighted by Crippen LogP contribution is -2.43. The second kappa shape index (κ2) is 9.94. The number of nitrogens with zero attached hydrogens (tertiary/aromatic N) is 2. The average molecular weight is 398 g/mol. The zero-order valence-electron chi connectivity index (χ0n) is 15.8.